The van der Waals surface area contributed by atoms with E-state index in [1.54, 1.807) is 0 Å². The molecule has 0 aliphatic rings. The lowest BCUT2D eigenvalue weighted by Gasteiger charge is -2.01. The Morgan fingerprint density at radius 1 is 1.50 bits per heavy atom. The monoisotopic (exact) mass is 174 g/mol. The highest BCUT2D eigenvalue weighted by atomic mass is 16.7. The van der Waals surface area contributed by atoms with Crippen LogP contribution in [0.3, 0.4) is 0 Å². The van der Waals surface area contributed by atoms with Gasteiger partial charge in [0.2, 0.25) is 0 Å². The van der Waals surface area contributed by atoms with Crippen molar-refractivity contribution in [2.45, 2.75) is 19.3 Å². The molecular weight excluding hydrogens is 160 g/mol. The molecule has 6 N–H and O–H groups in total. The summed E-state index contributed by atoms with van der Waals surface area (Å²) in [5.41, 5.74) is 5.02. The molecule has 0 aliphatic carbocycles. The second-order valence-corrected chi connectivity index (χ2v) is 2.29. The summed E-state index contributed by atoms with van der Waals surface area (Å²) >= 11 is 0. The quantitative estimate of drug-likeness (QED) is 0.186. The van der Waals surface area contributed by atoms with E-state index < -0.39 is 5.97 Å². The number of nitrogens with two attached hydrogens (primary N) is 2. The van der Waals surface area contributed by atoms with Crippen molar-refractivity contribution in [2.24, 2.45) is 11.6 Å². The molecule has 0 bridgehead atoms. The summed E-state index contributed by atoms with van der Waals surface area (Å²) in [5.74, 6) is 4.14. The zero-order valence-electron chi connectivity index (χ0n) is 6.80. The highest BCUT2D eigenvalue weighted by molar-refractivity contribution is 5.74. The van der Waals surface area contributed by atoms with Crippen LogP contribution in [0.2, 0.25) is 0 Å². The van der Waals surface area contributed by atoms with Crippen LogP contribution in [0, 0.1) is 5.41 Å². The van der Waals surface area contributed by atoms with Gasteiger partial charge in [-0.25, -0.2) is 0 Å². The van der Waals surface area contributed by atoms with Crippen LogP contribution in [-0.2, 0) is 9.63 Å². The van der Waals surface area contributed by atoms with Crippen LogP contribution in [0.15, 0.2) is 0 Å². The Labute approximate surface area is 70.7 Å². The predicted octanol–water partition coefficient (Wildman–Crippen LogP) is -0.943. The van der Waals surface area contributed by atoms with Crippen LogP contribution in [0.25, 0.3) is 0 Å². The number of nitrogens with one attached hydrogen (secondary N) is 2. The molecule has 0 saturated carbocycles. The Bertz CT molecular complexity index is 160. The third-order valence-corrected chi connectivity index (χ3v) is 1.25. The van der Waals surface area contributed by atoms with Crippen molar-refractivity contribution in [1.29, 1.82) is 5.41 Å². The zero-order valence-corrected chi connectivity index (χ0v) is 6.80. The number of hydrogen-bond acceptors (Lipinski definition) is 4. The molecule has 0 aromatic rings. The topological polar surface area (TPSA) is 114 Å². The maximum absolute atomic E-state index is 10.5. The lowest BCUT2D eigenvalue weighted by molar-refractivity contribution is -0.144. The standard InChI is InChI=1S/C6H14N4O2/c7-6(8)10-4-2-1-3-5(11)12-9/h1-4,9H2,(H4,7,8,10). The summed E-state index contributed by atoms with van der Waals surface area (Å²) in [4.78, 5) is 14.4. The fourth-order valence-electron chi connectivity index (χ4n) is 0.676. The summed E-state index contributed by atoms with van der Waals surface area (Å²) in [6.07, 6.45) is 1.74. The first-order valence-corrected chi connectivity index (χ1v) is 3.64. The number of rotatable bonds is 5. The fraction of sp³-hybridized carbons (Fsp3) is 0.667. The molecule has 0 atom stereocenters. The third-order valence-electron chi connectivity index (χ3n) is 1.25. The lowest BCUT2D eigenvalue weighted by Crippen LogP contribution is -2.30. The molecule has 0 spiro atoms. The van der Waals surface area contributed by atoms with E-state index in [1.807, 2.05) is 0 Å². The van der Waals surface area contributed by atoms with Crippen molar-refractivity contribution in [2.75, 3.05) is 6.54 Å². The molecule has 0 rings (SSSR count). The van der Waals surface area contributed by atoms with Crippen LogP contribution >= 0.6 is 0 Å². The second-order valence-electron chi connectivity index (χ2n) is 2.29. The minimum atomic E-state index is -0.419. The molecule has 0 aromatic heterocycles. The summed E-state index contributed by atoms with van der Waals surface area (Å²) in [6, 6.07) is 0. The van der Waals surface area contributed by atoms with Crippen molar-refractivity contribution in [3.05, 3.63) is 0 Å². The van der Waals surface area contributed by atoms with Gasteiger partial charge in [-0.1, -0.05) is 0 Å². The summed E-state index contributed by atoms with van der Waals surface area (Å²) in [7, 11) is 0. The molecule has 6 nitrogen and oxygen atoms in total. The first-order valence-electron chi connectivity index (χ1n) is 3.64. The van der Waals surface area contributed by atoms with Gasteiger partial charge >= 0.3 is 5.97 Å². The molecule has 0 heterocycles. The van der Waals surface area contributed by atoms with Gasteiger partial charge in [-0.2, -0.15) is 5.90 Å². The van der Waals surface area contributed by atoms with E-state index in [4.69, 9.17) is 11.1 Å². The zero-order chi connectivity index (χ0) is 9.40. The Morgan fingerprint density at radius 2 is 2.17 bits per heavy atom. The van der Waals surface area contributed by atoms with Gasteiger partial charge in [-0.15, -0.1) is 0 Å². The lowest BCUT2D eigenvalue weighted by atomic mass is 10.2. The van der Waals surface area contributed by atoms with Gasteiger partial charge in [0.15, 0.2) is 5.96 Å². The van der Waals surface area contributed by atoms with Crippen molar-refractivity contribution in [3.8, 4) is 0 Å². The van der Waals surface area contributed by atoms with Gasteiger partial charge in [-0.05, 0) is 12.8 Å². The van der Waals surface area contributed by atoms with E-state index in [1.165, 1.54) is 0 Å². The molecule has 0 aliphatic heterocycles. The molecule has 0 fully saturated rings. The van der Waals surface area contributed by atoms with Crippen LogP contribution < -0.4 is 16.9 Å². The number of guanidine groups is 1. The minimum absolute atomic E-state index is 0.0589. The molecule has 70 valence electrons. The van der Waals surface area contributed by atoms with Crippen LogP contribution in [-0.4, -0.2) is 18.5 Å². The second kappa shape index (κ2) is 6.41. The highest BCUT2D eigenvalue weighted by Gasteiger charge is 1.99. The molecule has 6 heteroatoms. The summed E-state index contributed by atoms with van der Waals surface area (Å²) in [5, 5.41) is 9.42. The van der Waals surface area contributed by atoms with Gasteiger partial charge in [0.25, 0.3) is 0 Å². The Morgan fingerprint density at radius 3 is 2.67 bits per heavy atom. The first kappa shape index (κ1) is 10.7. The fourth-order valence-corrected chi connectivity index (χ4v) is 0.676. The average molecular weight is 174 g/mol. The van der Waals surface area contributed by atoms with Crippen molar-refractivity contribution >= 4 is 11.9 Å². The van der Waals surface area contributed by atoms with Crippen molar-refractivity contribution in [1.82, 2.24) is 5.32 Å². The van der Waals surface area contributed by atoms with E-state index in [2.05, 4.69) is 16.1 Å². The summed E-state index contributed by atoms with van der Waals surface area (Å²) in [6.45, 7) is 0.590. The number of carbonyl (C=O) groups is 1. The molecule has 0 radical (unpaired) electrons. The summed E-state index contributed by atoms with van der Waals surface area (Å²) < 4.78 is 0. The van der Waals surface area contributed by atoms with E-state index in [0.29, 0.717) is 19.4 Å². The highest BCUT2D eigenvalue weighted by Crippen LogP contribution is 1.94. The minimum Gasteiger partial charge on any atom is -0.373 e. The largest absolute Gasteiger partial charge is 0.373 e. The third kappa shape index (κ3) is 6.81. The van der Waals surface area contributed by atoms with Crippen molar-refractivity contribution < 1.29 is 9.63 Å². The van der Waals surface area contributed by atoms with Crippen molar-refractivity contribution in [3.63, 3.8) is 0 Å². The molecule has 0 saturated heterocycles. The number of carbonyl (C=O) groups excluding carboxylic acids is 1. The molecule has 0 unspecified atom stereocenters. The SMILES string of the molecule is N=C(N)NCCCCC(=O)ON. The van der Waals surface area contributed by atoms with Gasteiger partial charge in [0.05, 0.1) is 0 Å². The smallest absolute Gasteiger partial charge is 0.324 e. The van der Waals surface area contributed by atoms with Gasteiger partial charge in [0, 0.05) is 13.0 Å². The number of unbranched alkanes of at least 4 members (excludes halogenated alkanes) is 1. The van der Waals surface area contributed by atoms with Crippen LogP contribution in [0.1, 0.15) is 19.3 Å². The van der Waals surface area contributed by atoms with E-state index >= 15 is 0 Å². The average Bonchev–Trinajstić information content (AvgIpc) is 2.03. The van der Waals surface area contributed by atoms with E-state index in [-0.39, 0.29) is 5.96 Å². The first-order chi connectivity index (χ1) is 5.66. The number of hydrogen-bond donors (Lipinski definition) is 4. The maximum atomic E-state index is 10.5. The normalized spacial score (nSPS) is 9.08. The molecular formula is C6H14N4O2. The van der Waals surface area contributed by atoms with Crippen LogP contribution in [0.5, 0.6) is 0 Å². The van der Waals surface area contributed by atoms with Crippen LogP contribution in [0.4, 0.5) is 0 Å². The van der Waals surface area contributed by atoms with Gasteiger partial charge in [0.1, 0.15) is 0 Å². The Balaban J connectivity index is 3.11. The molecule has 0 aromatic carbocycles. The maximum Gasteiger partial charge on any atom is 0.324 e. The Kier molecular flexibility index (Phi) is 5.72. The van der Waals surface area contributed by atoms with E-state index in [0.717, 1.165) is 6.42 Å². The van der Waals surface area contributed by atoms with Gasteiger partial charge < -0.3 is 15.9 Å². The van der Waals surface area contributed by atoms with Gasteiger partial charge in [-0.3, -0.25) is 10.2 Å². The van der Waals surface area contributed by atoms with E-state index in [9.17, 15) is 4.79 Å². The predicted molar refractivity (Wildman–Crippen MR) is 44.0 cm³/mol. The Hall–Kier alpha value is -1.30. The molecule has 0 amide bonds. The molecule has 12 heavy (non-hydrogen) atoms.